The Hall–Kier alpha value is -3.80. The number of nitrogens with one attached hydrogen (secondary N) is 3. The Bertz CT molecular complexity index is 1270. The van der Waals surface area contributed by atoms with Crippen molar-refractivity contribution in [3.8, 4) is 5.75 Å². The Kier molecular flexibility index (Phi) is 7.93. The second kappa shape index (κ2) is 11.3. The van der Waals surface area contributed by atoms with E-state index in [-0.39, 0.29) is 23.4 Å². The molecular formula is C24H29F3N8O. The fourth-order valence-corrected chi connectivity index (χ4v) is 4.02. The molecule has 3 aromatic rings. The number of nitrogens with zero attached hydrogens (tertiary/aromatic N) is 5. The second-order valence-corrected chi connectivity index (χ2v) is 8.47. The van der Waals surface area contributed by atoms with Gasteiger partial charge in [-0.25, -0.2) is 23.2 Å². The van der Waals surface area contributed by atoms with Crippen molar-refractivity contribution in [2.75, 3.05) is 51.4 Å². The molecule has 3 N–H and O–H groups in total. The minimum atomic E-state index is -0.660. The molecule has 4 rings (SSSR count). The number of aromatic nitrogens is 3. The number of anilines is 1. The van der Waals surface area contributed by atoms with Gasteiger partial charge >= 0.3 is 0 Å². The van der Waals surface area contributed by atoms with Crippen molar-refractivity contribution in [1.82, 2.24) is 25.0 Å². The molecule has 3 heterocycles. The quantitative estimate of drug-likeness (QED) is 0.306. The second-order valence-electron chi connectivity index (χ2n) is 8.47. The molecule has 1 aliphatic heterocycles. The first kappa shape index (κ1) is 25.3. The van der Waals surface area contributed by atoms with Crippen molar-refractivity contribution in [2.45, 2.75) is 13.8 Å². The zero-order valence-corrected chi connectivity index (χ0v) is 20.2. The van der Waals surface area contributed by atoms with Crippen LogP contribution < -0.4 is 10.1 Å². The van der Waals surface area contributed by atoms with E-state index in [0.717, 1.165) is 11.8 Å². The van der Waals surface area contributed by atoms with Crippen molar-refractivity contribution >= 4 is 29.3 Å². The number of aromatic amines is 2. The number of aliphatic imine (C=N–C) groups is 2. The monoisotopic (exact) mass is 502 g/mol. The van der Waals surface area contributed by atoms with Crippen molar-refractivity contribution in [3.05, 3.63) is 53.1 Å². The smallest absolute Gasteiger partial charge is 0.181 e. The maximum absolute atomic E-state index is 14.9. The van der Waals surface area contributed by atoms with Crippen LogP contribution in [-0.4, -0.2) is 83.7 Å². The van der Waals surface area contributed by atoms with E-state index in [4.69, 9.17) is 4.74 Å². The van der Waals surface area contributed by atoms with Gasteiger partial charge < -0.3 is 19.9 Å². The number of hydrogen-bond acceptors (Lipinski definition) is 6. The van der Waals surface area contributed by atoms with E-state index in [0.29, 0.717) is 55.9 Å². The van der Waals surface area contributed by atoms with Crippen LogP contribution >= 0.6 is 0 Å². The maximum atomic E-state index is 14.9. The molecule has 0 bridgehead atoms. The number of hydrogen-bond donors (Lipinski definition) is 3. The lowest BCUT2D eigenvalue weighted by Crippen LogP contribution is -2.49. The molecule has 2 aromatic heterocycles. The van der Waals surface area contributed by atoms with Crippen LogP contribution in [0.5, 0.6) is 5.75 Å². The summed E-state index contributed by atoms with van der Waals surface area (Å²) in [6.45, 7) is 9.43. The highest BCUT2D eigenvalue weighted by Crippen LogP contribution is 2.29. The van der Waals surface area contributed by atoms with Crippen LogP contribution in [0.25, 0.3) is 10.9 Å². The van der Waals surface area contributed by atoms with Crippen LogP contribution in [0.4, 0.5) is 19.0 Å². The minimum Gasteiger partial charge on any atom is -0.468 e. The SMILES string of the molecule is C=N/C(=C\C(=N/COc1cc(F)c2[nH]c(C)cc2c1F)N1CCN(CCF)CC1)Nc1cc(C)[nH]n1. The fraction of sp³-hybridized carbons (Fsp3) is 0.375. The normalized spacial score (nSPS) is 15.5. The molecule has 1 fully saturated rings. The Morgan fingerprint density at radius 3 is 2.64 bits per heavy atom. The van der Waals surface area contributed by atoms with Gasteiger partial charge in [0.2, 0.25) is 0 Å². The summed E-state index contributed by atoms with van der Waals surface area (Å²) in [5, 5.41) is 10.2. The highest BCUT2D eigenvalue weighted by molar-refractivity contribution is 5.94. The molecular weight excluding hydrogens is 473 g/mol. The molecule has 0 spiro atoms. The zero-order chi connectivity index (χ0) is 25.7. The molecule has 9 nitrogen and oxygen atoms in total. The lowest BCUT2D eigenvalue weighted by molar-refractivity contribution is 0.171. The molecule has 0 amide bonds. The third kappa shape index (κ3) is 5.88. The van der Waals surface area contributed by atoms with E-state index in [1.54, 1.807) is 13.0 Å². The molecule has 1 aromatic carbocycles. The number of benzene rings is 1. The van der Waals surface area contributed by atoms with Gasteiger partial charge in [0.25, 0.3) is 0 Å². The average Bonchev–Trinajstić information content (AvgIpc) is 3.47. The van der Waals surface area contributed by atoms with Gasteiger partial charge in [-0.15, -0.1) is 0 Å². The van der Waals surface area contributed by atoms with Crippen molar-refractivity contribution < 1.29 is 17.9 Å². The number of piperazine rings is 1. The van der Waals surface area contributed by atoms with E-state index < -0.39 is 18.3 Å². The first-order valence-corrected chi connectivity index (χ1v) is 11.5. The van der Waals surface area contributed by atoms with Gasteiger partial charge in [-0.2, -0.15) is 5.10 Å². The van der Waals surface area contributed by atoms with Crippen LogP contribution in [-0.2, 0) is 0 Å². The summed E-state index contributed by atoms with van der Waals surface area (Å²) >= 11 is 0. The summed E-state index contributed by atoms with van der Waals surface area (Å²) in [5.41, 5.74) is 1.61. The Morgan fingerprint density at radius 2 is 1.97 bits per heavy atom. The van der Waals surface area contributed by atoms with Crippen LogP contribution in [0.3, 0.4) is 0 Å². The van der Waals surface area contributed by atoms with Gasteiger partial charge in [-0.3, -0.25) is 10.00 Å². The zero-order valence-electron chi connectivity index (χ0n) is 20.2. The summed E-state index contributed by atoms with van der Waals surface area (Å²) in [7, 11) is 0. The van der Waals surface area contributed by atoms with E-state index in [2.05, 4.69) is 37.2 Å². The van der Waals surface area contributed by atoms with Crippen molar-refractivity contribution in [3.63, 3.8) is 0 Å². The van der Waals surface area contributed by atoms with Gasteiger partial charge in [-0.05, 0) is 26.6 Å². The highest BCUT2D eigenvalue weighted by Gasteiger charge is 2.20. The number of amidine groups is 1. The first-order chi connectivity index (χ1) is 17.4. The molecule has 0 radical (unpaired) electrons. The fourth-order valence-electron chi connectivity index (χ4n) is 4.02. The third-order valence-electron chi connectivity index (χ3n) is 5.84. The number of ether oxygens (including phenoxy) is 1. The van der Waals surface area contributed by atoms with Crippen molar-refractivity contribution in [2.24, 2.45) is 9.98 Å². The van der Waals surface area contributed by atoms with Crippen LogP contribution in [0, 0.1) is 25.5 Å². The Labute approximate surface area is 206 Å². The standard InChI is InChI=1S/C24H29F3N8O/c1-15-10-17-23(27)19(12-18(26)24(17)30-15)36-14-29-22(35-8-6-34(5-4-25)7-9-35)13-20(28-3)31-21-11-16(2)32-33-21/h10-13,30H,3-9,14H2,1-2H3,(H2,31,32,33)/b20-13+,29-22+. The lowest BCUT2D eigenvalue weighted by Gasteiger charge is -2.35. The summed E-state index contributed by atoms with van der Waals surface area (Å²) in [4.78, 5) is 15.4. The summed E-state index contributed by atoms with van der Waals surface area (Å²) in [5.74, 6) is -0.0382. The first-order valence-electron chi connectivity index (χ1n) is 11.5. The Morgan fingerprint density at radius 1 is 1.19 bits per heavy atom. The predicted octanol–water partition coefficient (Wildman–Crippen LogP) is 3.76. The number of aryl methyl sites for hydroxylation is 2. The van der Waals surface area contributed by atoms with E-state index >= 15 is 0 Å². The molecule has 1 aliphatic rings. The van der Waals surface area contributed by atoms with Gasteiger partial charge in [0.1, 0.15) is 18.3 Å². The van der Waals surface area contributed by atoms with Gasteiger partial charge in [0.15, 0.2) is 29.9 Å². The predicted molar refractivity (Wildman–Crippen MR) is 134 cm³/mol. The summed E-state index contributed by atoms with van der Waals surface area (Å²) in [6, 6.07) is 4.34. The summed E-state index contributed by atoms with van der Waals surface area (Å²) < 4.78 is 47.6. The highest BCUT2D eigenvalue weighted by atomic mass is 19.1. The number of H-pyrrole nitrogens is 2. The lowest BCUT2D eigenvalue weighted by atomic mass is 10.2. The van der Waals surface area contributed by atoms with Crippen LogP contribution in [0.1, 0.15) is 11.4 Å². The molecule has 12 heteroatoms. The largest absolute Gasteiger partial charge is 0.468 e. The molecule has 0 unspecified atom stereocenters. The molecule has 36 heavy (non-hydrogen) atoms. The van der Waals surface area contributed by atoms with Gasteiger partial charge in [0.05, 0.1) is 5.52 Å². The number of halogens is 3. The van der Waals surface area contributed by atoms with E-state index in [1.807, 2.05) is 22.8 Å². The molecule has 1 saturated heterocycles. The Balaban J connectivity index is 1.56. The van der Waals surface area contributed by atoms with Crippen LogP contribution in [0.15, 0.2) is 40.1 Å². The minimum absolute atomic E-state index is 0.0944. The number of alkyl halides is 1. The number of rotatable bonds is 9. The van der Waals surface area contributed by atoms with Gasteiger partial charge in [-0.1, -0.05) is 0 Å². The molecule has 0 atom stereocenters. The van der Waals surface area contributed by atoms with Gasteiger partial charge in [0, 0.05) is 67.7 Å². The van der Waals surface area contributed by atoms with Crippen LogP contribution in [0.2, 0.25) is 0 Å². The average molecular weight is 503 g/mol. The van der Waals surface area contributed by atoms with E-state index in [9.17, 15) is 13.2 Å². The molecule has 0 aliphatic carbocycles. The van der Waals surface area contributed by atoms with E-state index in [1.165, 1.54) is 6.07 Å². The number of fused-ring (bicyclic) bond motifs is 1. The topological polar surface area (TPSA) is 96.9 Å². The van der Waals surface area contributed by atoms with Crippen molar-refractivity contribution in [1.29, 1.82) is 0 Å². The third-order valence-corrected chi connectivity index (χ3v) is 5.84. The molecule has 0 saturated carbocycles. The molecule has 192 valence electrons. The summed E-state index contributed by atoms with van der Waals surface area (Å²) in [6.07, 6.45) is 1.68. The maximum Gasteiger partial charge on any atom is 0.181 e.